The molecule has 8 nitrogen and oxygen atoms in total. The summed E-state index contributed by atoms with van der Waals surface area (Å²) in [5, 5.41) is 0. The molecule has 0 bridgehead atoms. The van der Waals surface area contributed by atoms with E-state index in [0.29, 0.717) is 37.1 Å². The summed E-state index contributed by atoms with van der Waals surface area (Å²) in [6, 6.07) is 0. The predicted molar refractivity (Wildman–Crippen MR) is 97.2 cm³/mol. The van der Waals surface area contributed by atoms with Gasteiger partial charge in [0.15, 0.2) is 0 Å². The van der Waals surface area contributed by atoms with Crippen LogP contribution in [0.2, 0.25) is 0 Å². The molecule has 4 aliphatic carbocycles. The average molecular weight is 468 g/mol. The largest absolute Gasteiger partial charge is 0.534 e. The minimum atomic E-state index is -5.62. The summed E-state index contributed by atoms with van der Waals surface area (Å²) in [5.41, 5.74) is -5.44. The molecule has 4 aliphatic rings. The fourth-order valence-corrected chi connectivity index (χ4v) is 4.92. The molecule has 4 rings (SSSR count). The Morgan fingerprint density at radius 1 is 0.968 bits per heavy atom. The van der Waals surface area contributed by atoms with E-state index in [1.165, 1.54) is 6.08 Å². The standard InChI is InChI=1S/C10H11F3O5S.C9H12O3/c1-2-17-9(14)8-6-3-5(4-7(6)8)18-19(15,16)10(11,12)13;1-2-12-9(11)8-6-3-5(10)4-7(6)8/h3,6-8H,2,4H2,1H3;6-8H,2-4H2,1H3/t6-,7+,8+;6-,7+,8?/m1./s1. The van der Waals surface area contributed by atoms with Crippen molar-refractivity contribution < 1.29 is 49.6 Å². The third-order valence-electron chi connectivity index (χ3n) is 5.92. The number of allylic oxidation sites excluding steroid dienone is 2. The number of alkyl halides is 3. The van der Waals surface area contributed by atoms with Gasteiger partial charge in [-0.05, 0) is 43.6 Å². The maximum absolute atomic E-state index is 12.1. The molecule has 3 saturated carbocycles. The molecule has 0 heterocycles. The number of ether oxygens (including phenoxy) is 2. The van der Waals surface area contributed by atoms with Crippen molar-refractivity contribution in [2.45, 2.75) is 38.6 Å². The first kappa shape index (κ1) is 23.6. The zero-order valence-electron chi connectivity index (χ0n) is 16.9. The van der Waals surface area contributed by atoms with Crippen molar-refractivity contribution in [1.29, 1.82) is 0 Å². The average Bonchev–Trinajstić information content (AvgIpc) is 3.38. The second-order valence-corrected chi connectivity index (χ2v) is 9.43. The van der Waals surface area contributed by atoms with Gasteiger partial charge in [0.2, 0.25) is 0 Å². The van der Waals surface area contributed by atoms with Crippen LogP contribution < -0.4 is 0 Å². The fraction of sp³-hybridized carbons (Fsp3) is 0.737. The van der Waals surface area contributed by atoms with Gasteiger partial charge in [0, 0.05) is 19.3 Å². The van der Waals surface area contributed by atoms with Gasteiger partial charge in [-0.25, -0.2) is 0 Å². The molecule has 0 spiro atoms. The molecule has 0 N–H and O–H groups in total. The van der Waals surface area contributed by atoms with Crippen LogP contribution in [0.1, 0.15) is 33.1 Å². The Labute approximate surface area is 177 Å². The molecule has 0 saturated heterocycles. The van der Waals surface area contributed by atoms with Crippen molar-refractivity contribution in [3.05, 3.63) is 11.8 Å². The summed E-state index contributed by atoms with van der Waals surface area (Å²) in [4.78, 5) is 33.4. The monoisotopic (exact) mass is 468 g/mol. The van der Waals surface area contributed by atoms with Crippen LogP contribution in [0, 0.1) is 35.5 Å². The number of halogens is 3. The molecule has 0 aromatic rings. The van der Waals surface area contributed by atoms with Gasteiger partial charge in [0.1, 0.15) is 11.5 Å². The van der Waals surface area contributed by atoms with Gasteiger partial charge >= 0.3 is 27.6 Å². The highest BCUT2D eigenvalue weighted by Gasteiger charge is 2.61. The second kappa shape index (κ2) is 8.44. The van der Waals surface area contributed by atoms with Gasteiger partial charge in [-0.3, -0.25) is 14.4 Å². The Morgan fingerprint density at radius 2 is 1.48 bits per heavy atom. The number of carbonyl (C=O) groups excluding carboxylic acids is 3. The van der Waals surface area contributed by atoms with Crippen molar-refractivity contribution >= 4 is 27.8 Å². The van der Waals surface area contributed by atoms with Crippen LogP contribution in [0.3, 0.4) is 0 Å². The smallest absolute Gasteiger partial charge is 0.466 e. The van der Waals surface area contributed by atoms with Gasteiger partial charge in [-0.1, -0.05) is 0 Å². The third-order valence-corrected chi connectivity index (χ3v) is 6.92. The van der Waals surface area contributed by atoms with Crippen LogP contribution >= 0.6 is 0 Å². The van der Waals surface area contributed by atoms with Crippen molar-refractivity contribution in [3.63, 3.8) is 0 Å². The highest BCUT2D eigenvalue weighted by atomic mass is 32.2. The minimum Gasteiger partial charge on any atom is -0.466 e. The van der Waals surface area contributed by atoms with Crippen LogP contribution in [-0.2, 0) is 38.2 Å². The SMILES string of the molecule is CCOC(=O)C1[C@H]2CC(=O)C[C@@H]12.CCOC(=O)[C@H]1[C@@H]2C=C(OS(=O)(=O)C(F)(F)F)C[C@@H]21. The Balaban J connectivity index is 0.000000194. The van der Waals surface area contributed by atoms with Gasteiger partial charge in [0.05, 0.1) is 25.0 Å². The topological polar surface area (TPSA) is 113 Å². The molecular weight excluding hydrogens is 445 g/mol. The number of hydrogen-bond donors (Lipinski definition) is 0. The fourth-order valence-electron chi connectivity index (χ4n) is 4.42. The number of carbonyl (C=O) groups is 3. The van der Waals surface area contributed by atoms with Crippen molar-refractivity contribution in [2.75, 3.05) is 13.2 Å². The first-order chi connectivity index (χ1) is 14.4. The summed E-state index contributed by atoms with van der Waals surface area (Å²) in [6.07, 6.45) is 2.47. The number of rotatable bonds is 6. The summed E-state index contributed by atoms with van der Waals surface area (Å²) in [5.74, 6) is -0.614. The van der Waals surface area contributed by atoms with E-state index in [1.54, 1.807) is 13.8 Å². The molecule has 0 radical (unpaired) electrons. The molecule has 3 fully saturated rings. The summed E-state index contributed by atoms with van der Waals surface area (Å²) in [7, 11) is -5.62. The van der Waals surface area contributed by atoms with Crippen molar-refractivity contribution in [1.82, 2.24) is 0 Å². The van der Waals surface area contributed by atoms with E-state index in [1.807, 2.05) is 0 Å². The van der Waals surface area contributed by atoms with E-state index in [4.69, 9.17) is 9.47 Å². The normalized spacial score (nSPS) is 32.7. The molecule has 1 unspecified atom stereocenters. The molecule has 174 valence electrons. The van der Waals surface area contributed by atoms with E-state index in [9.17, 15) is 36.0 Å². The molecule has 0 aromatic carbocycles. The van der Waals surface area contributed by atoms with E-state index in [-0.39, 0.29) is 48.4 Å². The van der Waals surface area contributed by atoms with Gasteiger partial charge in [-0.2, -0.15) is 21.6 Å². The number of ketones is 1. The molecule has 0 amide bonds. The van der Waals surface area contributed by atoms with Crippen molar-refractivity contribution in [2.24, 2.45) is 35.5 Å². The Kier molecular flexibility index (Phi) is 6.41. The maximum Gasteiger partial charge on any atom is 0.534 e. The predicted octanol–water partition coefficient (Wildman–Crippen LogP) is 2.34. The molecule has 0 aliphatic heterocycles. The summed E-state index contributed by atoms with van der Waals surface area (Å²) >= 11 is 0. The zero-order valence-corrected chi connectivity index (χ0v) is 17.7. The quantitative estimate of drug-likeness (QED) is 0.332. The lowest BCUT2D eigenvalue weighted by Crippen LogP contribution is -2.25. The lowest BCUT2D eigenvalue weighted by atomic mass is 10.1. The van der Waals surface area contributed by atoms with E-state index < -0.39 is 21.6 Å². The zero-order chi connectivity index (χ0) is 23.1. The highest BCUT2D eigenvalue weighted by Crippen LogP contribution is 2.57. The van der Waals surface area contributed by atoms with Crippen LogP contribution in [0.15, 0.2) is 11.8 Å². The first-order valence-corrected chi connectivity index (χ1v) is 11.4. The van der Waals surface area contributed by atoms with E-state index in [2.05, 4.69) is 4.18 Å². The van der Waals surface area contributed by atoms with E-state index >= 15 is 0 Å². The first-order valence-electron chi connectivity index (χ1n) is 9.97. The molecule has 12 heteroatoms. The van der Waals surface area contributed by atoms with Crippen LogP contribution in [0.5, 0.6) is 0 Å². The van der Waals surface area contributed by atoms with Crippen LogP contribution in [0.25, 0.3) is 0 Å². The third kappa shape index (κ3) is 4.88. The lowest BCUT2D eigenvalue weighted by molar-refractivity contribution is -0.146. The number of Topliss-reactive ketones (excluding diaryl/α,β-unsaturated/α-hetero) is 1. The van der Waals surface area contributed by atoms with Crippen LogP contribution in [-0.4, -0.2) is 44.9 Å². The highest BCUT2D eigenvalue weighted by molar-refractivity contribution is 7.87. The second-order valence-electron chi connectivity index (χ2n) is 7.89. The Morgan fingerprint density at radius 3 is 1.90 bits per heavy atom. The van der Waals surface area contributed by atoms with Crippen LogP contribution in [0.4, 0.5) is 13.2 Å². The van der Waals surface area contributed by atoms with Gasteiger partial charge in [-0.15, -0.1) is 0 Å². The number of esters is 2. The lowest BCUT2D eigenvalue weighted by Gasteiger charge is -2.11. The number of fused-ring (bicyclic) bond motifs is 2. The Bertz CT molecular complexity index is 880. The maximum atomic E-state index is 12.1. The summed E-state index contributed by atoms with van der Waals surface area (Å²) < 4.78 is 71.5. The molecule has 6 atom stereocenters. The van der Waals surface area contributed by atoms with Gasteiger partial charge in [0.25, 0.3) is 0 Å². The van der Waals surface area contributed by atoms with Gasteiger partial charge < -0.3 is 13.7 Å². The molecule has 31 heavy (non-hydrogen) atoms. The molecular formula is C19H23F3O8S. The van der Waals surface area contributed by atoms with E-state index in [0.717, 1.165) is 0 Å². The summed E-state index contributed by atoms with van der Waals surface area (Å²) in [6.45, 7) is 4.13. The molecule has 0 aromatic heterocycles. The Hall–Kier alpha value is -2.11. The van der Waals surface area contributed by atoms with Crippen molar-refractivity contribution in [3.8, 4) is 0 Å². The number of hydrogen-bond acceptors (Lipinski definition) is 8. The minimum absolute atomic E-state index is 0.00343.